The number of likely N-dealkylation sites (tertiary alicyclic amines) is 1. The van der Waals surface area contributed by atoms with Crippen LogP contribution in [-0.4, -0.2) is 75.8 Å². The zero-order valence-corrected chi connectivity index (χ0v) is 21.6. The minimum atomic E-state index is -4.83. The lowest BCUT2D eigenvalue weighted by atomic mass is 10.0. The van der Waals surface area contributed by atoms with Crippen molar-refractivity contribution in [2.75, 3.05) is 19.7 Å². The Morgan fingerprint density at radius 2 is 1.88 bits per heavy atom. The molecule has 3 aromatic rings. The standard InChI is InChI=1S/C26H25F4N5O6/c1-2-39-25(38)16-11-33-35(13-16)17-10-19(23(31)37)24(32-12-17)40-21-7-8-34(14-20(21)27)22(36)9-15-3-5-18(6-4-15)41-26(28,29)30/h3-6,10-13,20-21H,2,7-9,14H2,1H3,(H2,31,37)/t20-,21+/m0/s1. The number of nitrogens with two attached hydrogens (primary N) is 1. The Morgan fingerprint density at radius 1 is 1.15 bits per heavy atom. The number of amides is 2. The van der Waals surface area contributed by atoms with Crippen molar-refractivity contribution in [3.05, 3.63) is 65.6 Å². The summed E-state index contributed by atoms with van der Waals surface area (Å²) in [5.74, 6) is -2.50. The topological polar surface area (TPSA) is 139 Å². The maximum absolute atomic E-state index is 15.1. The predicted molar refractivity (Wildman–Crippen MR) is 133 cm³/mol. The molecule has 1 fully saturated rings. The number of esters is 1. The van der Waals surface area contributed by atoms with E-state index < -0.39 is 42.2 Å². The van der Waals surface area contributed by atoms with Gasteiger partial charge in [0.2, 0.25) is 11.8 Å². The number of alkyl halides is 4. The van der Waals surface area contributed by atoms with Crippen molar-refractivity contribution in [2.24, 2.45) is 5.73 Å². The first kappa shape index (κ1) is 29.3. The van der Waals surface area contributed by atoms with E-state index in [0.717, 1.165) is 12.1 Å². The third-order valence-corrected chi connectivity index (χ3v) is 6.07. The molecule has 1 aliphatic heterocycles. The highest BCUT2D eigenvalue weighted by atomic mass is 19.4. The van der Waals surface area contributed by atoms with Gasteiger partial charge in [-0.1, -0.05) is 12.1 Å². The van der Waals surface area contributed by atoms with Crippen LogP contribution in [0.2, 0.25) is 0 Å². The van der Waals surface area contributed by atoms with Crippen molar-refractivity contribution in [1.82, 2.24) is 19.7 Å². The molecule has 0 saturated carbocycles. The van der Waals surface area contributed by atoms with Gasteiger partial charge in [0.25, 0.3) is 5.91 Å². The van der Waals surface area contributed by atoms with E-state index in [1.807, 2.05) is 0 Å². The van der Waals surface area contributed by atoms with Crippen LogP contribution in [0.1, 0.15) is 39.6 Å². The summed E-state index contributed by atoms with van der Waals surface area (Å²) in [4.78, 5) is 42.1. The number of ether oxygens (including phenoxy) is 3. The second-order valence-electron chi connectivity index (χ2n) is 8.97. The van der Waals surface area contributed by atoms with Gasteiger partial charge in [-0.25, -0.2) is 18.9 Å². The zero-order chi connectivity index (χ0) is 29.7. The molecule has 2 aromatic heterocycles. The number of pyridine rings is 1. The molecule has 0 bridgehead atoms. The lowest BCUT2D eigenvalue weighted by molar-refractivity contribution is -0.274. The summed E-state index contributed by atoms with van der Waals surface area (Å²) in [6, 6.07) is 6.17. The molecule has 0 aliphatic carbocycles. The van der Waals surface area contributed by atoms with Gasteiger partial charge in [0.15, 0.2) is 6.17 Å². The second kappa shape index (κ2) is 12.2. The monoisotopic (exact) mass is 579 g/mol. The van der Waals surface area contributed by atoms with Crippen LogP contribution in [0.25, 0.3) is 5.69 Å². The van der Waals surface area contributed by atoms with Gasteiger partial charge in [-0.05, 0) is 30.7 Å². The average Bonchev–Trinajstić information content (AvgIpc) is 3.41. The number of carbonyl (C=O) groups is 3. The molecule has 2 amide bonds. The van der Waals surface area contributed by atoms with Crippen LogP contribution in [0.15, 0.2) is 48.9 Å². The summed E-state index contributed by atoms with van der Waals surface area (Å²) in [5.41, 5.74) is 6.26. The van der Waals surface area contributed by atoms with Gasteiger partial charge in [-0.2, -0.15) is 5.10 Å². The number of nitrogens with zero attached hydrogens (tertiary/aromatic N) is 4. The molecule has 2 N–H and O–H groups in total. The Bertz CT molecular complexity index is 1410. The van der Waals surface area contributed by atoms with Crippen LogP contribution in [0.5, 0.6) is 11.6 Å². The Morgan fingerprint density at radius 3 is 2.51 bits per heavy atom. The van der Waals surface area contributed by atoms with Gasteiger partial charge < -0.3 is 24.8 Å². The predicted octanol–water partition coefficient (Wildman–Crippen LogP) is 3.00. The first-order valence-electron chi connectivity index (χ1n) is 12.4. The Kier molecular flexibility index (Phi) is 8.74. The van der Waals surface area contributed by atoms with Gasteiger partial charge in [0.05, 0.1) is 43.2 Å². The molecule has 0 unspecified atom stereocenters. The molecule has 2 atom stereocenters. The van der Waals surface area contributed by atoms with Gasteiger partial charge in [0.1, 0.15) is 17.4 Å². The lowest BCUT2D eigenvalue weighted by Gasteiger charge is -2.34. The first-order chi connectivity index (χ1) is 19.4. The fraction of sp³-hybridized carbons (Fsp3) is 0.346. The number of primary amides is 1. The van der Waals surface area contributed by atoms with E-state index in [2.05, 4.69) is 14.8 Å². The van der Waals surface area contributed by atoms with Gasteiger partial charge in [0, 0.05) is 19.2 Å². The van der Waals surface area contributed by atoms with E-state index in [1.165, 1.54) is 46.4 Å². The van der Waals surface area contributed by atoms with E-state index >= 15 is 4.39 Å². The fourth-order valence-corrected chi connectivity index (χ4v) is 4.10. The van der Waals surface area contributed by atoms with Crippen molar-refractivity contribution in [1.29, 1.82) is 0 Å². The molecule has 218 valence electrons. The maximum Gasteiger partial charge on any atom is 0.573 e. The van der Waals surface area contributed by atoms with E-state index in [1.54, 1.807) is 6.92 Å². The van der Waals surface area contributed by atoms with Gasteiger partial charge in [-0.15, -0.1) is 13.2 Å². The van der Waals surface area contributed by atoms with Crippen LogP contribution in [0.3, 0.4) is 0 Å². The molecular weight excluding hydrogens is 554 g/mol. The molecule has 0 radical (unpaired) electrons. The molecule has 1 aliphatic rings. The van der Waals surface area contributed by atoms with Crippen LogP contribution < -0.4 is 15.2 Å². The highest BCUT2D eigenvalue weighted by Crippen LogP contribution is 2.26. The third-order valence-electron chi connectivity index (χ3n) is 6.07. The molecule has 0 spiro atoms. The number of rotatable bonds is 9. The Balaban J connectivity index is 1.38. The summed E-state index contributed by atoms with van der Waals surface area (Å²) in [5, 5.41) is 4.05. The SMILES string of the molecule is CCOC(=O)c1cnn(-c2cnc(O[C@@H]3CCN(C(=O)Cc4ccc(OC(F)(F)F)cc4)C[C@@H]3F)c(C(N)=O)c2)c1. The van der Waals surface area contributed by atoms with Crippen molar-refractivity contribution in [3.8, 4) is 17.3 Å². The molecular formula is C26H25F4N5O6. The largest absolute Gasteiger partial charge is 0.573 e. The number of aromatic nitrogens is 3. The summed E-state index contributed by atoms with van der Waals surface area (Å²) < 4.78 is 67.7. The number of piperidine rings is 1. The molecule has 15 heteroatoms. The Labute approximate surface area is 230 Å². The molecule has 1 saturated heterocycles. The van der Waals surface area contributed by atoms with E-state index in [0.29, 0.717) is 5.56 Å². The quantitative estimate of drug-likeness (QED) is 0.302. The van der Waals surface area contributed by atoms with Crippen molar-refractivity contribution < 1.29 is 46.2 Å². The summed E-state index contributed by atoms with van der Waals surface area (Å²) in [6.45, 7) is 1.68. The minimum absolute atomic E-state index is 0.0783. The van der Waals surface area contributed by atoms with E-state index in [9.17, 15) is 27.6 Å². The number of carbonyl (C=O) groups excluding carboxylic acids is 3. The van der Waals surface area contributed by atoms with Crippen molar-refractivity contribution >= 4 is 17.8 Å². The average molecular weight is 580 g/mol. The number of halogens is 4. The van der Waals surface area contributed by atoms with Crippen LogP contribution in [0.4, 0.5) is 17.6 Å². The van der Waals surface area contributed by atoms with Gasteiger partial charge in [-0.3, -0.25) is 9.59 Å². The molecule has 41 heavy (non-hydrogen) atoms. The van der Waals surface area contributed by atoms with E-state index in [-0.39, 0.29) is 55.2 Å². The second-order valence-corrected chi connectivity index (χ2v) is 8.97. The molecule has 3 heterocycles. The maximum atomic E-state index is 15.1. The molecule has 4 rings (SSSR count). The van der Waals surface area contributed by atoms with E-state index in [4.69, 9.17) is 15.2 Å². The van der Waals surface area contributed by atoms with Crippen molar-refractivity contribution in [2.45, 2.75) is 38.4 Å². The molecule has 11 nitrogen and oxygen atoms in total. The Hall–Kier alpha value is -4.69. The highest BCUT2D eigenvalue weighted by molar-refractivity contribution is 5.95. The first-order valence-corrected chi connectivity index (χ1v) is 12.4. The lowest BCUT2D eigenvalue weighted by Crippen LogP contribution is -2.49. The van der Waals surface area contributed by atoms with Crippen LogP contribution in [0, 0.1) is 0 Å². The fourth-order valence-electron chi connectivity index (χ4n) is 4.10. The summed E-state index contributed by atoms with van der Waals surface area (Å²) in [6.07, 6.45) is -3.59. The minimum Gasteiger partial charge on any atom is -0.471 e. The van der Waals surface area contributed by atoms with Crippen molar-refractivity contribution in [3.63, 3.8) is 0 Å². The number of hydrogen-bond donors (Lipinski definition) is 1. The summed E-state index contributed by atoms with van der Waals surface area (Å²) in [7, 11) is 0. The van der Waals surface area contributed by atoms with Crippen LogP contribution >= 0.6 is 0 Å². The summed E-state index contributed by atoms with van der Waals surface area (Å²) >= 11 is 0. The highest BCUT2D eigenvalue weighted by Gasteiger charge is 2.34. The number of hydrogen-bond acceptors (Lipinski definition) is 8. The zero-order valence-electron chi connectivity index (χ0n) is 21.6. The smallest absolute Gasteiger partial charge is 0.471 e. The van der Waals surface area contributed by atoms with Crippen LogP contribution in [-0.2, 0) is 16.0 Å². The third kappa shape index (κ3) is 7.49. The molecule has 1 aromatic carbocycles. The van der Waals surface area contributed by atoms with Gasteiger partial charge >= 0.3 is 12.3 Å². The normalized spacial score (nSPS) is 17.1. The number of benzene rings is 1.